The molecule has 2 aromatic rings. The molecule has 0 saturated carbocycles. The Hall–Kier alpha value is -2.58. The van der Waals surface area contributed by atoms with Crippen LogP contribution in [-0.2, 0) is 12.7 Å². The highest BCUT2D eigenvalue weighted by Gasteiger charge is 2.41. The number of hydrogen-bond acceptors (Lipinski definition) is 4. The Morgan fingerprint density at radius 2 is 1.95 bits per heavy atom. The highest BCUT2D eigenvalue weighted by atomic mass is 19.4. The molecule has 1 aromatic carbocycles. The Labute approximate surface area is 123 Å². The van der Waals surface area contributed by atoms with Crippen LogP contribution in [0.25, 0.3) is 0 Å². The van der Waals surface area contributed by atoms with Crippen LogP contribution in [0.2, 0.25) is 0 Å². The zero-order chi connectivity index (χ0) is 16.2. The molecule has 0 amide bonds. The lowest BCUT2D eigenvalue weighted by atomic mass is 10.3. The zero-order valence-electron chi connectivity index (χ0n) is 11.2. The summed E-state index contributed by atoms with van der Waals surface area (Å²) in [6, 6.07) is 8.80. The molecule has 0 atom stereocenters. The summed E-state index contributed by atoms with van der Waals surface area (Å²) in [5, 5.41) is 15.1. The highest BCUT2D eigenvalue weighted by molar-refractivity contribution is 5.86. The Bertz CT molecular complexity index is 641. The number of alkyl halides is 3. The molecule has 0 aliphatic rings. The number of para-hydroxylation sites is 1. The van der Waals surface area contributed by atoms with E-state index in [-0.39, 0.29) is 19.6 Å². The molecule has 118 valence electrons. The number of ether oxygens (including phenoxy) is 1. The number of hydrogen-bond donors (Lipinski definition) is 1. The fourth-order valence-corrected chi connectivity index (χ4v) is 1.82. The summed E-state index contributed by atoms with van der Waals surface area (Å²) in [4.78, 5) is 10.8. The quantitative estimate of drug-likeness (QED) is 0.829. The number of aromatic nitrogens is 3. The van der Waals surface area contributed by atoms with Crippen molar-refractivity contribution in [2.75, 3.05) is 6.61 Å². The fraction of sp³-hybridized carbons (Fsp3) is 0.308. The van der Waals surface area contributed by atoms with E-state index in [2.05, 4.69) is 10.3 Å². The van der Waals surface area contributed by atoms with Crippen LogP contribution >= 0.6 is 0 Å². The second-order valence-electron chi connectivity index (χ2n) is 4.33. The molecule has 0 bridgehead atoms. The Kier molecular flexibility index (Phi) is 4.64. The largest absolute Gasteiger partial charge is 0.494 e. The average Bonchev–Trinajstić information content (AvgIpc) is 2.89. The van der Waals surface area contributed by atoms with Crippen LogP contribution in [-0.4, -0.2) is 32.7 Å². The fourth-order valence-electron chi connectivity index (χ4n) is 1.82. The lowest BCUT2D eigenvalue weighted by Gasteiger charge is -2.10. The lowest BCUT2D eigenvalue weighted by molar-refractivity contribution is -0.144. The standard InChI is InChI=1S/C13H12F3N3O3/c14-13(15,16)11-10(12(20)21)17-18-19(11)7-4-8-22-9-5-2-1-3-6-9/h1-3,5-6H,4,7-8H2,(H,20,21). The van der Waals surface area contributed by atoms with Crippen LogP contribution < -0.4 is 4.74 Å². The number of carbonyl (C=O) groups is 1. The Balaban J connectivity index is 2.00. The van der Waals surface area contributed by atoms with Gasteiger partial charge in [-0.2, -0.15) is 13.2 Å². The van der Waals surface area contributed by atoms with Gasteiger partial charge in [0.05, 0.1) is 6.61 Å². The lowest BCUT2D eigenvalue weighted by Crippen LogP contribution is -2.19. The molecule has 0 saturated heterocycles. The maximum absolute atomic E-state index is 12.9. The third-order valence-corrected chi connectivity index (χ3v) is 2.73. The number of nitrogens with zero attached hydrogens (tertiary/aromatic N) is 3. The molecule has 0 spiro atoms. The smallest absolute Gasteiger partial charge is 0.435 e. The van der Waals surface area contributed by atoms with Crippen LogP contribution in [0, 0.1) is 0 Å². The number of halogens is 3. The van der Waals surface area contributed by atoms with Gasteiger partial charge in [-0.15, -0.1) is 5.10 Å². The van der Waals surface area contributed by atoms with E-state index in [4.69, 9.17) is 9.84 Å². The summed E-state index contributed by atoms with van der Waals surface area (Å²) in [5.74, 6) is -1.16. The summed E-state index contributed by atoms with van der Waals surface area (Å²) in [5.41, 5.74) is -2.46. The van der Waals surface area contributed by atoms with E-state index in [9.17, 15) is 18.0 Å². The van der Waals surface area contributed by atoms with Crippen LogP contribution in [0.5, 0.6) is 5.75 Å². The second kappa shape index (κ2) is 6.46. The van der Waals surface area contributed by atoms with Crippen molar-refractivity contribution in [3.8, 4) is 5.75 Å². The Morgan fingerprint density at radius 3 is 2.55 bits per heavy atom. The topological polar surface area (TPSA) is 77.2 Å². The number of aryl methyl sites for hydroxylation is 1. The van der Waals surface area contributed by atoms with Crippen molar-refractivity contribution in [1.29, 1.82) is 0 Å². The van der Waals surface area contributed by atoms with Gasteiger partial charge in [0.1, 0.15) is 5.75 Å². The predicted molar refractivity (Wildman–Crippen MR) is 68.5 cm³/mol. The van der Waals surface area contributed by atoms with E-state index in [1.54, 1.807) is 24.3 Å². The van der Waals surface area contributed by atoms with E-state index in [1.807, 2.05) is 6.07 Å². The minimum atomic E-state index is -4.84. The van der Waals surface area contributed by atoms with Crippen molar-refractivity contribution in [2.24, 2.45) is 0 Å². The SMILES string of the molecule is O=C(O)c1nnn(CCCOc2ccccc2)c1C(F)(F)F. The molecule has 0 aliphatic carbocycles. The molecule has 0 fully saturated rings. The molecule has 2 rings (SSSR count). The number of benzene rings is 1. The number of aromatic carboxylic acids is 1. The monoisotopic (exact) mass is 315 g/mol. The summed E-state index contributed by atoms with van der Waals surface area (Å²) >= 11 is 0. The van der Waals surface area contributed by atoms with Crippen molar-refractivity contribution in [1.82, 2.24) is 15.0 Å². The molecule has 9 heteroatoms. The van der Waals surface area contributed by atoms with Gasteiger partial charge in [-0.3, -0.25) is 0 Å². The van der Waals surface area contributed by atoms with Crippen molar-refractivity contribution >= 4 is 5.97 Å². The van der Waals surface area contributed by atoms with E-state index >= 15 is 0 Å². The van der Waals surface area contributed by atoms with Crippen molar-refractivity contribution < 1.29 is 27.8 Å². The molecule has 0 unspecified atom stereocenters. The third kappa shape index (κ3) is 3.74. The van der Waals surface area contributed by atoms with Gasteiger partial charge in [-0.1, -0.05) is 23.4 Å². The highest BCUT2D eigenvalue weighted by Crippen LogP contribution is 2.31. The van der Waals surface area contributed by atoms with Crippen LogP contribution in [0.3, 0.4) is 0 Å². The predicted octanol–water partition coefficient (Wildman–Crippen LogP) is 2.46. The van der Waals surface area contributed by atoms with Gasteiger partial charge < -0.3 is 9.84 Å². The summed E-state index contributed by atoms with van der Waals surface area (Å²) in [6.07, 6.45) is -4.61. The van der Waals surface area contributed by atoms with Crippen LogP contribution in [0.15, 0.2) is 30.3 Å². The molecule has 6 nitrogen and oxygen atoms in total. The minimum absolute atomic E-state index is 0.151. The minimum Gasteiger partial charge on any atom is -0.494 e. The van der Waals surface area contributed by atoms with Gasteiger partial charge in [0, 0.05) is 13.0 Å². The molecule has 0 radical (unpaired) electrons. The van der Waals surface area contributed by atoms with E-state index in [1.165, 1.54) is 0 Å². The van der Waals surface area contributed by atoms with Gasteiger partial charge in [0.15, 0.2) is 5.69 Å². The molecular weight excluding hydrogens is 303 g/mol. The molecule has 1 heterocycles. The first kappa shape index (κ1) is 15.8. The van der Waals surface area contributed by atoms with E-state index in [0.29, 0.717) is 10.4 Å². The summed E-state index contributed by atoms with van der Waals surface area (Å²) in [6.45, 7) is 0.0194. The van der Waals surface area contributed by atoms with Crippen molar-refractivity contribution in [2.45, 2.75) is 19.1 Å². The first-order valence-electron chi connectivity index (χ1n) is 6.31. The average molecular weight is 315 g/mol. The number of rotatable bonds is 6. The molecule has 1 aromatic heterocycles. The summed E-state index contributed by atoms with van der Waals surface area (Å²) in [7, 11) is 0. The zero-order valence-corrected chi connectivity index (χ0v) is 11.2. The van der Waals surface area contributed by atoms with Crippen molar-refractivity contribution in [3.63, 3.8) is 0 Å². The van der Waals surface area contributed by atoms with Gasteiger partial charge in [0.2, 0.25) is 5.69 Å². The van der Waals surface area contributed by atoms with Crippen LogP contribution in [0.4, 0.5) is 13.2 Å². The first-order valence-corrected chi connectivity index (χ1v) is 6.31. The number of carboxylic acid groups (broad SMARTS) is 1. The number of carboxylic acids is 1. The molecule has 0 aliphatic heterocycles. The second-order valence-corrected chi connectivity index (χ2v) is 4.33. The van der Waals surface area contributed by atoms with E-state index < -0.39 is 23.5 Å². The van der Waals surface area contributed by atoms with Crippen LogP contribution in [0.1, 0.15) is 22.6 Å². The van der Waals surface area contributed by atoms with E-state index in [0.717, 1.165) is 0 Å². The van der Waals surface area contributed by atoms with Gasteiger partial charge in [0.25, 0.3) is 0 Å². The summed E-state index contributed by atoms with van der Waals surface area (Å²) < 4.78 is 44.5. The molecule has 22 heavy (non-hydrogen) atoms. The molecule has 1 N–H and O–H groups in total. The maximum Gasteiger partial charge on any atom is 0.435 e. The molecular formula is C13H12F3N3O3. The van der Waals surface area contributed by atoms with Gasteiger partial charge >= 0.3 is 12.1 Å². The van der Waals surface area contributed by atoms with Gasteiger partial charge in [-0.25, -0.2) is 9.48 Å². The Morgan fingerprint density at radius 1 is 1.27 bits per heavy atom. The third-order valence-electron chi connectivity index (χ3n) is 2.73. The van der Waals surface area contributed by atoms with Crippen molar-refractivity contribution in [3.05, 3.63) is 41.7 Å². The van der Waals surface area contributed by atoms with Gasteiger partial charge in [-0.05, 0) is 12.1 Å². The normalized spacial score (nSPS) is 11.4. The first-order chi connectivity index (χ1) is 10.4. The maximum atomic E-state index is 12.9.